The minimum absolute atomic E-state index is 0. The van der Waals surface area contributed by atoms with Crippen LogP contribution in [0.5, 0.6) is 11.5 Å². The molecular weight excluding hydrogens is 506 g/mol. The second-order valence-corrected chi connectivity index (χ2v) is 7.85. The van der Waals surface area contributed by atoms with Gasteiger partial charge >= 0.3 is 5.97 Å². The lowest BCUT2D eigenvalue weighted by molar-refractivity contribution is 0.0470. The molecule has 0 amide bonds. The third-order valence-electron chi connectivity index (χ3n) is 5.30. The number of ether oxygens (including phenoxy) is 3. The standard InChI is InChI=1S/C27H25FN2O4.2ClH/c1-32-22-9-5-8-19(13-22)12-21(29)17-33-25-11-10-24-23(14-20(28)15-30-24)26(25)27(31)34-16-18-6-3-2-4-7-18;;/h2-11,13-15,21H,12,16-17,29H2,1H3;2*1H/t21-;;/m1../s1. The van der Waals surface area contributed by atoms with E-state index in [9.17, 15) is 9.18 Å². The summed E-state index contributed by atoms with van der Waals surface area (Å²) in [5.74, 6) is -0.174. The quantitative estimate of drug-likeness (QED) is 0.285. The fourth-order valence-electron chi connectivity index (χ4n) is 3.64. The maximum absolute atomic E-state index is 14.0. The first-order valence-corrected chi connectivity index (χ1v) is 10.8. The molecule has 1 heterocycles. The van der Waals surface area contributed by atoms with E-state index < -0.39 is 11.8 Å². The highest BCUT2D eigenvalue weighted by Crippen LogP contribution is 2.29. The van der Waals surface area contributed by atoms with Crippen LogP contribution in [-0.2, 0) is 17.8 Å². The number of hydrogen-bond acceptors (Lipinski definition) is 6. The number of carbonyl (C=O) groups is 1. The number of halogens is 3. The van der Waals surface area contributed by atoms with E-state index >= 15 is 0 Å². The Balaban J connectivity index is 0.00000228. The molecular formula is C27H27Cl2FN2O4. The van der Waals surface area contributed by atoms with Gasteiger partial charge in [-0.25, -0.2) is 9.18 Å². The van der Waals surface area contributed by atoms with Crippen LogP contribution in [0.3, 0.4) is 0 Å². The number of carbonyl (C=O) groups excluding carboxylic acids is 1. The average molecular weight is 533 g/mol. The molecule has 2 N–H and O–H groups in total. The van der Waals surface area contributed by atoms with Gasteiger partial charge in [0.1, 0.15) is 36.1 Å². The van der Waals surface area contributed by atoms with Crippen molar-refractivity contribution in [3.05, 3.63) is 102 Å². The fourth-order valence-corrected chi connectivity index (χ4v) is 3.64. The largest absolute Gasteiger partial charge is 0.497 e. The van der Waals surface area contributed by atoms with Crippen LogP contribution < -0.4 is 15.2 Å². The zero-order valence-electron chi connectivity index (χ0n) is 19.6. The molecule has 0 radical (unpaired) electrons. The molecule has 0 saturated heterocycles. The van der Waals surface area contributed by atoms with Gasteiger partial charge in [-0.2, -0.15) is 0 Å². The van der Waals surface area contributed by atoms with E-state index in [2.05, 4.69) is 4.98 Å². The molecule has 1 atom stereocenters. The Labute approximate surface area is 221 Å². The zero-order chi connectivity index (χ0) is 23.9. The van der Waals surface area contributed by atoms with E-state index in [4.69, 9.17) is 19.9 Å². The topological polar surface area (TPSA) is 83.7 Å². The Kier molecular flexibility index (Phi) is 10.9. The molecule has 0 bridgehead atoms. The van der Waals surface area contributed by atoms with E-state index in [0.29, 0.717) is 17.3 Å². The van der Waals surface area contributed by atoms with Gasteiger partial charge in [-0.1, -0.05) is 42.5 Å². The first kappa shape index (κ1) is 28.8. The predicted octanol–water partition coefficient (Wildman–Crippen LogP) is 5.53. The molecule has 0 unspecified atom stereocenters. The van der Waals surface area contributed by atoms with Gasteiger partial charge in [-0.05, 0) is 47.9 Å². The van der Waals surface area contributed by atoms with Crippen molar-refractivity contribution in [2.24, 2.45) is 5.73 Å². The summed E-state index contributed by atoms with van der Waals surface area (Å²) in [6.45, 7) is 0.220. The third kappa shape index (κ3) is 7.31. The number of benzene rings is 3. The summed E-state index contributed by atoms with van der Waals surface area (Å²) in [5, 5.41) is 0.317. The molecule has 0 spiro atoms. The summed E-state index contributed by atoms with van der Waals surface area (Å²) in [5.41, 5.74) is 8.71. The predicted molar refractivity (Wildman–Crippen MR) is 142 cm³/mol. The third-order valence-corrected chi connectivity index (χ3v) is 5.30. The lowest BCUT2D eigenvalue weighted by Gasteiger charge is -2.17. The maximum Gasteiger partial charge on any atom is 0.342 e. The summed E-state index contributed by atoms with van der Waals surface area (Å²) in [6.07, 6.45) is 1.65. The smallest absolute Gasteiger partial charge is 0.342 e. The molecule has 0 aliphatic rings. The molecule has 3 aromatic carbocycles. The summed E-state index contributed by atoms with van der Waals surface area (Å²) < 4.78 is 30.7. The number of hydrogen-bond donors (Lipinski definition) is 1. The number of pyridine rings is 1. The van der Waals surface area contributed by atoms with Gasteiger partial charge in [-0.3, -0.25) is 4.98 Å². The van der Waals surface area contributed by atoms with E-state index in [1.54, 1.807) is 19.2 Å². The highest BCUT2D eigenvalue weighted by Gasteiger charge is 2.20. The van der Waals surface area contributed by atoms with Crippen LogP contribution in [0, 0.1) is 5.82 Å². The lowest BCUT2D eigenvalue weighted by atomic mass is 10.1. The highest BCUT2D eigenvalue weighted by atomic mass is 35.5. The summed E-state index contributed by atoms with van der Waals surface area (Å²) in [4.78, 5) is 17.1. The molecule has 4 rings (SSSR count). The van der Waals surface area contributed by atoms with Crippen LogP contribution in [0.15, 0.2) is 79.0 Å². The average Bonchev–Trinajstić information content (AvgIpc) is 2.86. The van der Waals surface area contributed by atoms with Crippen molar-refractivity contribution in [2.45, 2.75) is 19.1 Å². The monoisotopic (exact) mass is 532 g/mol. The second-order valence-electron chi connectivity index (χ2n) is 7.85. The number of nitrogens with zero attached hydrogens (tertiary/aromatic N) is 1. The lowest BCUT2D eigenvalue weighted by Crippen LogP contribution is -2.30. The minimum Gasteiger partial charge on any atom is -0.497 e. The highest BCUT2D eigenvalue weighted by molar-refractivity contribution is 6.06. The molecule has 0 aliphatic carbocycles. The molecule has 0 fully saturated rings. The molecule has 6 nitrogen and oxygen atoms in total. The molecule has 9 heteroatoms. The van der Waals surface area contributed by atoms with Gasteiger partial charge in [0, 0.05) is 11.4 Å². The van der Waals surface area contributed by atoms with Crippen LogP contribution in [-0.4, -0.2) is 30.7 Å². The number of aromatic nitrogens is 1. The minimum atomic E-state index is -0.627. The van der Waals surface area contributed by atoms with Crippen LogP contribution in [0.4, 0.5) is 4.39 Å². The van der Waals surface area contributed by atoms with Gasteiger partial charge in [0.25, 0.3) is 0 Å². The second kappa shape index (κ2) is 13.6. The van der Waals surface area contributed by atoms with Gasteiger partial charge in [0.05, 0.1) is 18.8 Å². The SMILES string of the molecule is COc1cccc(C[C@@H](N)COc2ccc3ncc(F)cc3c2C(=O)OCc2ccccc2)c1.Cl.Cl. The summed E-state index contributed by atoms with van der Waals surface area (Å²) in [7, 11) is 1.61. The summed E-state index contributed by atoms with van der Waals surface area (Å²) in [6, 6.07) is 21.1. The number of nitrogens with two attached hydrogens (primary N) is 1. The zero-order valence-corrected chi connectivity index (χ0v) is 21.2. The van der Waals surface area contributed by atoms with E-state index in [1.165, 1.54) is 6.07 Å². The van der Waals surface area contributed by atoms with E-state index in [-0.39, 0.29) is 55.4 Å². The van der Waals surface area contributed by atoms with Gasteiger partial charge in [0.15, 0.2) is 0 Å². The van der Waals surface area contributed by atoms with Crippen LogP contribution in [0.2, 0.25) is 0 Å². The molecule has 1 aromatic heterocycles. The van der Waals surface area contributed by atoms with Gasteiger partial charge < -0.3 is 19.9 Å². The Morgan fingerprint density at radius 1 is 1.00 bits per heavy atom. The molecule has 36 heavy (non-hydrogen) atoms. The van der Waals surface area contributed by atoms with Crippen molar-refractivity contribution < 1.29 is 23.4 Å². The first-order chi connectivity index (χ1) is 16.5. The molecule has 0 saturated carbocycles. The van der Waals surface area contributed by atoms with Crippen molar-refractivity contribution in [1.82, 2.24) is 4.98 Å². The molecule has 4 aromatic rings. The Morgan fingerprint density at radius 3 is 2.50 bits per heavy atom. The number of rotatable bonds is 9. The number of methoxy groups -OCH3 is 1. The summed E-state index contributed by atoms with van der Waals surface area (Å²) >= 11 is 0. The molecule has 0 aliphatic heterocycles. The van der Waals surface area contributed by atoms with Crippen LogP contribution >= 0.6 is 24.8 Å². The van der Waals surface area contributed by atoms with Crippen molar-refractivity contribution in [2.75, 3.05) is 13.7 Å². The van der Waals surface area contributed by atoms with Crippen LogP contribution in [0.25, 0.3) is 10.9 Å². The van der Waals surface area contributed by atoms with Crippen molar-refractivity contribution in [3.8, 4) is 11.5 Å². The Morgan fingerprint density at radius 2 is 1.75 bits per heavy atom. The van der Waals surface area contributed by atoms with Gasteiger partial charge in [0.2, 0.25) is 0 Å². The fraction of sp³-hybridized carbons (Fsp3) is 0.185. The van der Waals surface area contributed by atoms with Gasteiger partial charge in [-0.15, -0.1) is 24.8 Å². The number of fused-ring (bicyclic) bond motifs is 1. The number of esters is 1. The normalized spacial score (nSPS) is 11.1. The molecule has 190 valence electrons. The van der Waals surface area contributed by atoms with E-state index in [0.717, 1.165) is 23.1 Å². The van der Waals surface area contributed by atoms with E-state index in [1.807, 2.05) is 54.6 Å². The first-order valence-electron chi connectivity index (χ1n) is 10.8. The van der Waals surface area contributed by atoms with Crippen LogP contribution in [0.1, 0.15) is 21.5 Å². The Hall–Kier alpha value is -3.39. The maximum atomic E-state index is 14.0. The van der Waals surface area contributed by atoms with Crippen molar-refractivity contribution in [1.29, 1.82) is 0 Å². The Bertz CT molecular complexity index is 1290. The van der Waals surface area contributed by atoms with Crippen molar-refractivity contribution in [3.63, 3.8) is 0 Å². The van der Waals surface area contributed by atoms with Crippen molar-refractivity contribution >= 4 is 41.7 Å².